The summed E-state index contributed by atoms with van der Waals surface area (Å²) in [4.78, 5) is 43.5. The van der Waals surface area contributed by atoms with Gasteiger partial charge in [0.05, 0.1) is 5.56 Å². The Hall–Kier alpha value is -4.46. The molecule has 1 heterocycles. The maximum atomic E-state index is 14.1. The highest BCUT2D eigenvalue weighted by Gasteiger charge is 2.23. The lowest BCUT2D eigenvalue weighted by Crippen LogP contribution is -2.48. The minimum atomic E-state index is -0.636. The molecule has 0 saturated carbocycles. The van der Waals surface area contributed by atoms with Crippen molar-refractivity contribution in [2.75, 3.05) is 49.5 Å². The molecule has 1 aliphatic rings. The predicted molar refractivity (Wildman–Crippen MR) is 147 cm³/mol. The van der Waals surface area contributed by atoms with E-state index in [4.69, 9.17) is 0 Å². The number of piperazine rings is 1. The fourth-order valence-corrected chi connectivity index (χ4v) is 4.36. The Labute approximate surface area is 222 Å². The van der Waals surface area contributed by atoms with Crippen LogP contribution in [0.5, 0.6) is 0 Å². The molecule has 1 fully saturated rings. The van der Waals surface area contributed by atoms with E-state index < -0.39 is 17.6 Å². The van der Waals surface area contributed by atoms with Crippen molar-refractivity contribution in [3.8, 4) is 0 Å². The molecule has 0 aromatic heterocycles. The Balaban J connectivity index is 1.31. The van der Waals surface area contributed by atoms with Crippen LogP contribution in [0.25, 0.3) is 0 Å². The molecule has 1 N–H and O–H groups in total. The molecule has 1 saturated heterocycles. The molecule has 196 valence electrons. The number of amides is 3. The Morgan fingerprint density at radius 2 is 1.61 bits per heavy atom. The molecule has 0 atom stereocenters. The average Bonchev–Trinajstić information content (AvgIpc) is 2.93. The number of hydrogen-bond acceptors (Lipinski definition) is 4. The normalized spacial score (nSPS) is 13.1. The van der Waals surface area contributed by atoms with Crippen molar-refractivity contribution in [3.63, 3.8) is 0 Å². The minimum absolute atomic E-state index is 0.0432. The van der Waals surface area contributed by atoms with Crippen molar-refractivity contribution in [1.29, 1.82) is 0 Å². The third-order valence-electron chi connectivity index (χ3n) is 6.46. The second-order valence-electron chi connectivity index (χ2n) is 9.19. The van der Waals surface area contributed by atoms with Gasteiger partial charge in [-0.1, -0.05) is 35.9 Å². The van der Waals surface area contributed by atoms with E-state index in [2.05, 4.69) is 16.8 Å². The topological polar surface area (TPSA) is 73.0 Å². The third kappa shape index (κ3) is 6.45. The molecule has 0 bridgehead atoms. The summed E-state index contributed by atoms with van der Waals surface area (Å²) < 4.78 is 14.1. The molecule has 7 nitrogen and oxygen atoms in total. The van der Waals surface area contributed by atoms with Gasteiger partial charge in [-0.05, 0) is 55.5 Å². The van der Waals surface area contributed by atoms with Crippen LogP contribution in [0, 0.1) is 12.7 Å². The Morgan fingerprint density at radius 1 is 0.947 bits per heavy atom. The molecule has 0 aliphatic carbocycles. The molecule has 3 aromatic rings. The fourth-order valence-electron chi connectivity index (χ4n) is 4.36. The highest BCUT2D eigenvalue weighted by Crippen LogP contribution is 2.21. The SMILES string of the molecule is C=CCN(CC(=O)Nc1ccc(N2CCN(C(=O)c3ccc(C)cc3)CC2)cc1)C(=O)c1ccccc1F. The monoisotopic (exact) mass is 514 g/mol. The lowest BCUT2D eigenvalue weighted by atomic mass is 10.1. The molecule has 8 heteroatoms. The van der Waals surface area contributed by atoms with E-state index in [1.807, 2.05) is 48.2 Å². The van der Waals surface area contributed by atoms with Crippen molar-refractivity contribution in [3.05, 3.63) is 108 Å². The molecular formula is C30H31FN4O3. The molecule has 1 aliphatic heterocycles. The Morgan fingerprint density at radius 3 is 2.24 bits per heavy atom. The van der Waals surface area contributed by atoms with Gasteiger partial charge in [-0.2, -0.15) is 0 Å². The Bertz CT molecular complexity index is 1300. The van der Waals surface area contributed by atoms with Crippen LogP contribution in [0.3, 0.4) is 0 Å². The first-order valence-electron chi connectivity index (χ1n) is 12.5. The first-order valence-corrected chi connectivity index (χ1v) is 12.5. The van der Waals surface area contributed by atoms with Gasteiger partial charge in [-0.15, -0.1) is 6.58 Å². The Kier molecular flexibility index (Phi) is 8.53. The van der Waals surface area contributed by atoms with Gasteiger partial charge in [0.1, 0.15) is 12.4 Å². The van der Waals surface area contributed by atoms with Crippen molar-refractivity contribution in [2.24, 2.45) is 0 Å². The van der Waals surface area contributed by atoms with Crippen LogP contribution in [0.4, 0.5) is 15.8 Å². The zero-order valence-electron chi connectivity index (χ0n) is 21.4. The third-order valence-corrected chi connectivity index (χ3v) is 6.46. The van der Waals surface area contributed by atoms with Crippen molar-refractivity contribution in [2.45, 2.75) is 6.92 Å². The number of carbonyl (C=O) groups excluding carboxylic acids is 3. The van der Waals surface area contributed by atoms with E-state index in [1.165, 1.54) is 29.2 Å². The predicted octanol–water partition coefficient (Wildman–Crippen LogP) is 4.36. The maximum Gasteiger partial charge on any atom is 0.257 e. The van der Waals surface area contributed by atoms with Gasteiger partial charge in [-0.3, -0.25) is 14.4 Å². The van der Waals surface area contributed by atoms with E-state index in [1.54, 1.807) is 18.2 Å². The number of carbonyl (C=O) groups is 3. The van der Waals surface area contributed by atoms with Crippen LogP contribution >= 0.6 is 0 Å². The van der Waals surface area contributed by atoms with E-state index in [0.717, 1.165) is 11.3 Å². The average molecular weight is 515 g/mol. The van der Waals surface area contributed by atoms with Gasteiger partial charge in [0.2, 0.25) is 5.91 Å². The number of aryl methyl sites for hydroxylation is 1. The molecule has 0 unspecified atom stereocenters. The lowest BCUT2D eigenvalue weighted by molar-refractivity contribution is -0.116. The summed E-state index contributed by atoms with van der Waals surface area (Å²) >= 11 is 0. The summed E-state index contributed by atoms with van der Waals surface area (Å²) in [7, 11) is 0. The summed E-state index contributed by atoms with van der Waals surface area (Å²) in [5, 5.41) is 2.79. The molecule has 38 heavy (non-hydrogen) atoms. The summed E-state index contributed by atoms with van der Waals surface area (Å²) in [6.45, 7) is 8.16. The van der Waals surface area contributed by atoms with E-state index in [-0.39, 0.29) is 24.6 Å². The van der Waals surface area contributed by atoms with Crippen molar-refractivity contribution in [1.82, 2.24) is 9.80 Å². The number of halogens is 1. The molecule has 3 amide bonds. The maximum absolute atomic E-state index is 14.1. The molecule has 4 rings (SSSR count). The van der Waals surface area contributed by atoms with Gasteiger partial charge in [0, 0.05) is 49.7 Å². The largest absolute Gasteiger partial charge is 0.368 e. The standard InChI is InChI=1S/C30H31FN4O3/c1-3-16-35(30(38)26-6-4-5-7-27(26)31)21-28(36)32-24-12-14-25(15-13-24)33-17-19-34(20-18-33)29(37)23-10-8-22(2)9-11-23/h3-15H,1,16-21H2,2H3,(H,32,36). The van der Waals surface area contributed by atoms with Crippen molar-refractivity contribution < 1.29 is 18.8 Å². The highest BCUT2D eigenvalue weighted by atomic mass is 19.1. The lowest BCUT2D eigenvalue weighted by Gasteiger charge is -2.36. The van der Waals surface area contributed by atoms with E-state index in [9.17, 15) is 18.8 Å². The van der Waals surface area contributed by atoms with Gasteiger partial charge in [0.15, 0.2) is 0 Å². The summed E-state index contributed by atoms with van der Waals surface area (Å²) in [6.07, 6.45) is 1.49. The number of nitrogens with zero attached hydrogens (tertiary/aromatic N) is 3. The number of benzene rings is 3. The molecule has 3 aromatic carbocycles. The van der Waals surface area contributed by atoms with Crippen molar-refractivity contribution >= 4 is 29.1 Å². The van der Waals surface area contributed by atoms with Gasteiger partial charge in [0.25, 0.3) is 11.8 Å². The zero-order chi connectivity index (χ0) is 27.1. The van der Waals surface area contributed by atoms with Crippen LogP contribution in [0.2, 0.25) is 0 Å². The number of hydrogen-bond donors (Lipinski definition) is 1. The molecule has 0 spiro atoms. The quantitative estimate of drug-likeness (QED) is 0.454. The number of nitrogens with one attached hydrogen (secondary N) is 1. The highest BCUT2D eigenvalue weighted by molar-refractivity contribution is 5.99. The van der Waals surface area contributed by atoms with Gasteiger partial charge < -0.3 is 20.0 Å². The van der Waals surface area contributed by atoms with Crippen LogP contribution in [-0.4, -0.2) is 66.8 Å². The minimum Gasteiger partial charge on any atom is -0.368 e. The number of anilines is 2. The second-order valence-corrected chi connectivity index (χ2v) is 9.19. The first kappa shape index (κ1) is 26.6. The van der Waals surface area contributed by atoms with Gasteiger partial charge in [-0.25, -0.2) is 4.39 Å². The molecular weight excluding hydrogens is 483 g/mol. The second kappa shape index (κ2) is 12.2. The first-order chi connectivity index (χ1) is 18.4. The smallest absolute Gasteiger partial charge is 0.257 e. The zero-order valence-corrected chi connectivity index (χ0v) is 21.4. The fraction of sp³-hybridized carbons (Fsp3) is 0.233. The summed E-state index contributed by atoms with van der Waals surface area (Å²) in [5.41, 5.74) is 3.31. The van der Waals surface area contributed by atoms with Crippen LogP contribution in [0.15, 0.2) is 85.5 Å². The van der Waals surface area contributed by atoms with Crippen LogP contribution < -0.4 is 10.2 Å². The van der Waals surface area contributed by atoms with Crippen LogP contribution in [-0.2, 0) is 4.79 Å². The summed E-state index contributed by atoms with van der Waals surface area (Å²) in [5.74, 6) is -1.56. The molecule has 0 radical (unpaired) electrons. The van der Waals surface area contributed by atoms with E-state index >= 15 is 0 Å². The van der Waals surface area contributed by atoms with Crippen LogP contribution in [0.1, 0.15) is 26.3 Å². The summed E-state index contributed by atoms with van der Waals surface area (Å²) in [6, 6.07) is 20.7. The van der Waals surface area contributed by atoms with E-state index in [0.29, 0.717) is 37.4 Å². The van der Waals surface area contributed by atoms with Gasteiger partial charge >= 0.3 is 0 Å². The number of rotatable bonds is 8.